The van der Waals surface area contributed by atoms with E-state index in [-0.39, 0.29) is 47.1 Å². The van der Waals surface area contributed by atoms with E-state index in [0.717, 1.165) is 22.7 Å². The first kappa shape index (κ1) is 26.9. The number of hydrogen-bond donors (Lipinski definition) is 0. The predicted octanol–water partition coefficient (Wildman–Crippen LogP) is 4.84. The van der Waals surface area contributed by atoms with E-state index in [2.05, 4.69) is 4.74 Å². The molecule has 0 fully saturated rings. The van der Waals surface area contributed by atoms with Crippen molar-refractivity contribution in [3.8, 4) is 0 Å². The average Bonchev–Trinajstić information content (AvgIpc) is 2.82. The van der Waals surface area contributed by atoms with E-state index in [1.165, 1.54) is 13.2 Å². The van der Waals surface area contributed by atoms with Gasteiger partial charge in [0, 0.05) is 22.5 Å². The summed E-state index contributed by atoms with van der Waals surface area (Å²) in [6, 6.07) is 2.25. The summed E-state index contributed by atoms with van der Waals surface area (Å²) in [4.78, 5) is 51.4. The van der Waals surface area contributed by atoms with Crippen LogP contribution in [-0.4, -0.2) is 43.2 Å². The van der Waals surface area contributed by atoms with Crippen LogP contribution in [0.25, 0.3) is 0 Å². The smallest absolute Gasteiger partial charge is 0.334 e. The summed E-state index contributed by atoms with van der Waals surface area (Å²) in [7, 11) is 1.24. The van der Waals surface area contributed by atoms with Crippen molar-refractivity contribution in [1.82, 2.24) is 0 Å². The fourth-order valence-electron chi connectivity index (χ4n) is 3.29. The van der Waals surface area contributed by atoms with Gasteiger partial charge in [0.25, 0.3) is 5.91 Å². The summed E-state index contributed by atoms with van der Waals surface area (Å²) in [5, 5.41) is 0.0298. The van der Waals surface area contributed by atoms with Gasteiger partial charge in [-0.2, -0.15) is 0 Å². The van der Waals surface area contributed by atoms with Crippen molar-refractivity contribution in [3.63, 3.8) is 0 Å². The van der Waals surface area contributed by atoms with Gasteiger partial charge in [0.1, 0.15) is 5.82 Å². The molecule has 0 saturated carbocycles. The van der Waals surface area contributed by atoms with E-state index in [4.69, 9.17) is 16.3 Å². The second kappa shape index (κ2) is 12.7. The highest BCUT2D eigenvalue weighted by Gasteiger charge is 2.33. The number of halogens is 2. The van der Waals surface area contributed by atoms with Gasteiger partial charge in [0.2, 0.25) is 5.91 Å². The van der Waals surface area contributed by atoms with Gasteiger partial charge in [-0.3, -0.25) is 14.4 Å². The molecule has 7 nitrogen and oxygen atoms in total. The molecular weight excluding hydrogens is 473 g/mol. The molecule has 0 unspecified atom stereocenters. The summed E-state index contributed by atoms with van der Waals surface area (Å²) in [6.45, 7) is 3.62. The molecule has 1 aromatic rings. The van der Waals surface area contributed by atoms with Crippen molar-refractivity contribution >= 4 is 52.8 Å². The van der Waals surface area contributed by atoms with Gasteiger partial charge in [-0.05, 0) is 44.2 Å². The number of amides is 2. The molecule has 33 heavy (non-hydrogen) atoms. The quantitative estimate of drug-likeness (QED) is 0.355. The summed E-state index contributed by atoms with van der Waals surface area (Å²) < 4.78 is 24.8. The fraction of sp³-hybridized carbons (Fsp3) is 0.478. The topological polar surface area (TPSA) is 90.0 Å². The number of imide groups is 1. The fourth-order valence-corrected chi connectivity index (χ4v) is 4.39. The molecule has 1 aliphatic rings. The molecule has 0 radical (unpaired) electrons. The molecule has 2 amide bonds. The minimum atomic E-state index is -0.871. The maximum absolute atomic E-state index is 15.0. The second-order valence-corrected chi connectivity index (χ2v) is 8.71. The van der Waals surface area contributed by atoms with E-state index in [9.17, 15) is 23.6 Å². The molecular formula is C23H27ClFNO6S. The van der Waals surface area contributed by atoms with Gasteiger partial charge < -0.3 is 9.47 Å². The first-order valence-corrected chi connectivity index (χ1v) is 12.1. The van der Waals surface area contributed by atoms with E-state index in [1.54, 1.807) is 6.92 Å². The SMILES string of the molecule is CCCOC(=O)C1=C(C(=O)N(C(=O)CC)c2cc(SCC(=O)OC)c(Cl)cc2F)CCCC1. The first-order valence-electron chi connectivity index (χ1n) is 10.7. The zero-order valence-electron chi connectivity index (χ0n) is 18.9. The van der Waals surface area contributed by atoms with Crippen LogP contribution in [0.2, 0.25) is 5.02 Å². The van der Waals surface area contributed by atoms with Crippen LogP contribution in [0.1, 0.15) is 52.4 Å². The van der Waals surface area contributed by atoms with Gasteiger partial charge in [0.15, 0.2) is 0 Å². The lowest BCUT2D eigenvalue weighted by atomic mass is 9.90. The van der Waals surface area contributed by atoms with Crippen molar-refractivity contribution in [2.75, 3.05) is 24.4 Å². The highest BCUT2D eigenvalue weighted by Crippen LogP contribution is 2.36. The molecule has 180 valence electrons. The Hall–Kier alpha value is -2.39. The zero-order valence-corrected chi connectivity index (χ0v) is 20.4. The Bertz CT molecular complexity index is 965. The maximum atomic E-state index is 15.0. The molecule has 2 rings (SSSR count). The van der Waals surface area contributed by atoms with Crippen molar-refractivity contribution < 1.29 is 33.0 Å². The normalized spacial score (nSPS) is 13.5. The Morgan fingerprint density at radius 1 is 1.12 bits per heavy atom. The summed E-state index contributed by atoms with van der Waals surface area (Å²) in [5.74, 6) is -3.45. The Balaban J connectivity index is 2.52. The summed E-state index contributed by atoms with van der Waals surface area (Å²) >= 11 is 7.11. The van der Waals surface area contributed by atoms with Crippen LogP contribution in [-0.2, 0) is 28.7 Å². The van der Waals surface area contributed by atoms with Gasteiger partial charge >= 0.3 is 11.9 Å². The minimum Gasteiger partial charge on any atom is -0.468 e. The van der Waals surface area contributed by atoms with Crippen LogP contribution in [0.15, 0.2) is 28.2 Å². The van der Waals surface area contributed by atoms with Crippen LogP contribution in [0.5, 0.6) is 0 Å². The molecule has 0 N–H and O–H groups in total. The number of nitrogens with zero attached hydrogens (tertiary/aromatic N) is 1. The summed E-state index contributed by atoms with van der Waals surface area (Å²) in [5.41, 5.74) is 0.0912. The van der Waals surface area contributed by atoms with Gasteiger partial charge in [-0.25, -0.2) is 14.1 Å². The molecule has 0 heterocycles. The third kappa shape index (κ3) is 6.80. The number of rotatable bonds is 9. The van der Waals surface area contributed by atoms with Crippen LogP contribution >= 0.6 is 23.4 Å². The van der Waals surface area contributed by atoms with Crippen LogP contribution in [0.3, 0.4) is 0 Å². The van der Waals surface area contributed by atoms with Crippen LogP contribution in [0, 0.1) is 5.82 Å². The van der Waals surface area contributed by atoms with Crippen LogP contribution < -0.4 is 4.90 Å². The number of esters is 2. The Kier molecular flexibility index (Phi) is 10.4. The third-order valence-corrected chi connectivity index (χ3v) is 6.43. The number of ether oxygens (including phenoxy) is 2. The van der Waals surface area contributed by atoms with Crippen molar-refractivity contribution in [2.24, 2.45) is 0 Å². The molecule has 0 aliphatic heterocycles. The monoisotopic (exact) mass is 499 g/mol. The zero-order chi connectivity index (χ0) is 24.5. The lowest BCUT2D eigenvalue weighted by molar-refractivity contribution is -0.140. The average molecular weight is 500 g/mol. The van der Waals surface area contributed by atoms with E-state index in [1.807, 2.05) is 6.92 Å². The minimum absolute atomic E-state index is 0.0298. The number of methoxy groups -OCH3 is 1. The number of benzene rings is 1. The van der Waals surface area contributed by atoms with Gasteiger partial charge in [-0.1, -0.05) is 25.4 Å². The maximum Gasteiger partial charge on any atom is 0.334 e. The number of carbonyl (C=O) groups excluding carboxylic acids is 4. The molecule has 0 bridgehead atoms. The standard InChI is InChI=1S/C23H27ClFNO6S/c1-4-10-32-23(30)15-9-7-6-8-14(15)22(29)26(20(27)5-2)18-12-19(16(24)11-17(18)25)33-13-21(28)31-3/h11-12H,4-10,13H2,1-3H3. The number of hydrogen-bond acceptors (Lipinski definition) is 7. The highest BCUT2D eigenvalue weighted by molar-refractivity contribution is 8.00. The molecule has 0 spiro atoms. The Labute approximate surface area is 201 Å². The largest absolute Gasteiger partial charge is 0.468 e. The van der Waals surface area contributed by atoms with Gasteiger partial charge in [-0.15, -0.1) is 11.8 Å². The van der Waals surface area contributed by atoms with E-state index >= 15 is 0 Å². The van der Waals surface area contributed by atoms with Crippen molar-refractivity contribution in [3.05, 3.63) is 34.1 Å². The Morgan fingerprint density at radius 3 is 2.39 bits per heavy atom. The Morgan fingerprint density at radius 2 is 1.79 bits per heavy atom. The third-order valence-electron chi connectivity index (χ3n) is 4.98. The number of thioether (sulfide) groups is 1. The van der Waals surface area contributed by atoms with Crippen LogP contribution in [0.4, 0.5) is 10.1 Å². The predicted molar refractivity (Wildman–Crippen MR) is 124 cm³/mol. The lowest BCUT2D eigenvalue weighted by Crippen LogP contribution is -2.39. The highest BCUT2D eigenvalue weighted by atomic mass is 35.5. The molecule has 0 aromatic heterocycles. The summed E-state index contributed by atoms with van der Waals surface area (Å²) in [6.07, 6.45) is 2.55. The molecule has 0 saturated heterocycles. The van der Waals surface area contributed by atoms with Crippen molar-refractivity contribution in [1.29, 1.82) is 0 Å². The number of carbonyl (C=O) groups is 4. The van der Waals surface area contributed by atoms with Crippen molar-refractivity contribution in [2.45, 2.75) is 57.3 Å². The number of anilines is 1. The molecule has 0 atom stereocenters. The van der Waals surface area contributed by atoms with Gasteiger partial charge in [0.05, 0.1) is 30.2 Å². The molecule has 1 aliphatic carbocycles. The second-order valence-electron chi connectivity index (χ2n) is 7.29. The first-order chi connectivity index (χ1) is 15.7. The van der Waals surface area contributed by atoms with E-state index in [0.29, 0.717) is 30.6 Å². The van der Waals surface area contributed by atoms with E-state index < -0.39 is 29.6 Å². The lowest BCUT2D eigenvalue weighted by Gasteiger charge is -2.26. The molecule has 10 heteroatoms. The molecule has 1 aromatic carbocycles.